The number of nitrogens with two attached hydrogens (primary N) is 1. The number of aromatic amines is 2. The number of carbonyl (C=O) groups excluding carboxylic acids is 2. The van der Waals surface area contributed by atoms with E-state index in [9.17, 15) is 19.2 Å². The Bertz CT molecular complexity index is 1080. The molecule has 174 valence electrons. The van der Waals surface area contributed by atoms with Gasteiger partial charge in [0.25, 0.3) is 11.5 Å². The number of unbranched alkanes of at least 4 members (excludes halogenated alkanes) is 1. The first-order valence-electron chi connectivity index (χ1n) is 10.5. The Morgan fingerprint density at radius 1 is 1.34 bits per heavy atom. The van der Waals surface area contributed by atoms with Gasteiger partial charge in [-0.2, -0.15) is 5.10 Å². The highest BCUT2D eigenvalue weighted by Crippen LogP contribution is 2.39. The molecule has 2 heterocycles. The van der Waals surface area contributed by atoms with Crippen LogP contribution < -0.4 is 21.9 Å². The smallest absolute Gasteiger partial charge is 0.359 e. The second-order valence-corrected chi connectivity index (χ2v) is 7.60. The Morgan fingerprint density at radius 3 is 2.75 bits per heavy atom. The molecule has 1 saturated carbocycles. The Balaban J connectivity index is 1.79. The Hall–Kier alpha value is -3.41. The van der Waals surface area contributed by atoms with Crippen molar-refractivity contribution in [2.75, 3.05) is 37.5 Å². The van der Waals surface area contributed by atoms with Gasteiger partial charge in [-0.15, -0.1) is 0 Å². The van der Waals surface area contributed by atoms with E-state index < -0.39 is 29.7 Å². The number of rotatable bonds is 11. The number of hydrogen-bond acceptors (Lipinski definition) is 8. The number of methoxy groups -OCH3 is 1. The van der Waals surface area contributed by atoms with Gasteiger partial charge in [-0.05, 0) is 25.3 Å². The lowest BCUT2D eigenvalue weighted by molar-refractivity contribution is -0.121. The molecule has 0 bridgehead atoms. The van der Waals surface area contributed by atoms with Crippen LogP contribution in [-0.4, -0.2) is 58.5 Å². The molecule has 12 heteroatoms. The minimum Gasteiger partial charge on any atom is -0.451 e. The summed E-state index contributed by atoms with van der Waals surface area (Å²) in [5.41, 5.74) is 5.40. The molecule has 1 aliphatic rings. The van der Waals surface area contributed by atoms with Crippen molar-refractivity contribution in [2.45, 2.75) is 45.1 Å². The van der Waals surface area contributed by atoms with Crippen molar-refractivity contribution >= 4 is 23.4 Å². The van der Waals surface area contributed by atoms with E-state index in [1.54, 1.807) is 6.07 Å². The van der Waals surface area contributed by atoms with E-state index in [0.717, 1.165) is 29.9 Å². The van der Waals surface area contributed by atoms with Gasteiger partial charge in [0.15, 0.2) is 18.0 Å². The fourth-order valence-corrected chi connectivity index (χ4v) is 3.24. The standard InChI is InChI=1S/C20H28N6O6/c1-3-4-7-26-17(21)16(18(28)22-20(26)30)25(8-9-31-2)15(27)11-32-19(29)14-10-13(23-24-14)12-5-6-12/h10,12H,3-9,11,21H2,1-2H3,(H,23,24)(H,22,28,30). The number of nitrogen functional groups attached to an aromatic ring is 1. The molecule has 1 fully saturated rings. The van der Waals surface area contributed by atoms with Crippen molar-refractivity contribution in [2.24, 2.45) is 0 Å². The molecular formula is C20H28N6O6. The van der Waals surface area contributed by atoms with Crippen LogP contribution in [0.1, 0.15) is 54.7 Å². The van der Waals surface area contributed by atoms with Gasteiger partial charge < -0.3 is 15.2 Å². The average molecular weight is 448 g/mol. The third kappa shape index (κ3) is 5.25. The molecule has 0 spiro atoms. The van der Waals surface area contributed by atoms with Crippen LogP contribution in [0, 0.1) is 0 Å². The van der Waals surface area contributed by atoms with Crippen LogP contribution >= 0.6 is 0 Å². The number of ether oxygens (including phenoxy) is 2. The van der Waals surface area contributed by atoms with E-state index in [-0.39, 0.29) is 36.9 Å². The van der Waals surface area contributed by atoms with Crippen LogP contribution in [0.2, 0.25) is 0 Å². The number of anilines is 2. The fraction of sp³-hybridized carbons (Fsp3) is 0.550. The summed E-state index contributed by atoms with van der Waals surface area (Å²) in [7, 11) is 1.44. The van der Waals surface area contributed by atoms with Crippen molar-refractivity contribution in [3.63, 3.8) is 0 Å². The lowest BCUT2D eigenvalue weighted by Crippen LogP contribution is -2.44. The van der Waals surface area contributed by atoms with Crippen molar-refractivity contribution < 1.29 is 19.1 Å². The minimum absolute atomic E-state index is 0.0274. The number of nitrogens with one attached hydrogen (secondary N) is 2. The van der Waals surface area contributed by atoms with Gasteiger partial charge in [0, 0.05) is 31.8 Å². The van der Waals surface area contributed by atoms with Gasteiger partial charge in [-0.25, -0.2) is 9.59 Å². The molecule has 3 rings (SSSR count). The van der Waals surface area contributed by atoms with Gasteiger partial charge >= 0.3 is 11.7 Å². The van der Waals surface area contributed by atoms with Crippen LogP contribution in [0.3, 0.4) is 0 Å². The quantitative estimate of drug-likeness (QED) is 0.414. The molecule has 0 saturated heterocycles. The highest BCUT2D eigenvalue weighted by molar-refractivity contribution is 5.98. The fourth-order valence-electron chi connectivity index (χ4n) is 3.24. The van der Waals surface area contributed by atoms with E-state index in [0.29, 0.717) is 12.3 Å². The summed E-state index contributed by atoms with van der Waals surface area (Å²) in [6, 6.07) is 1.61. The third-order valence-corrected chi connectivity index (χ3v) is 5.19. The molecule has 1 aliphatic carbocycles. The van der Waals surface area contributed by atoms with Gasteiger partial charge in [0.1, 0.15) is 5.82 Å². The maximum atomic E-state index is 12.9. The first-order valence-corrected chi connectivity index (χ1v) is 10.5. The molecule has 0 aromatic carbocycles. The maximum absolute atomic E-state index is 12.9. The molecule has 0 unspecified atom stereocenters. The highest BCUT2D eigenvalue weighted by atomic mass is 16.5. The zero-order valence-corrected chi connectivity index (χ0v) is 18.2. The first kappa shape index (κ1) is 23.3. The van der Waals surface area contributed by atoms with Crippen molar-refractivity contribution in [1.29, 1.82) is 0 Å². The van der Waals surface area contributed by atoms with Crippen LogP contribution in [-0.2, 0) is 20.8 Å². The summed E-state index contributed by atoms with van der Waals surface area (Å²) in [6.07, 6.45) is 3.55. The Labute approximate surface area is 183 Å². The Morgan fingerprint density at radius 2 is 2.09 bits per heavy atom. The minimum atomic E-state index is -0.808. The summed E-state index contributed by atoms with van der Waals surface area (Å²) in [5, 5.41) is 6.73. The predicted molar refractivity (Wildman–Crippen MR) is 116 cm³/mol. The highest BCUT2D eigenvalue weighted by Gasteiger charge is 2.28. The summed E-state index contributed by atoms with van der Waals surface area (Å²) in [4.78, 5) is 53.1. The van der Waals surface area contributed by atoms with Crippen LogP contribution in [0.25, 0.3) is 0 Å². The number of esters is 1. The number of aromatic nitrogens is 4. The monoisotopic (exact) mass is 448 g/mol. The topological polar surface area (TPSA) is 165 Å². The molecule has 0 atom stereocenters. The van der Waals surface area contributed by atoms with Crippen molar-refractivity contribution in [3.8, 4) is 0 Å². The largest absolute Gasteiger partial charge is 0.451 e. The lowest BCUT2D eigenvalue weighted by Gasteiger charge is -2.24. The second-order valence-electron chi connectivity index (χ2n) is 7.60. The number of amides is 1. The summed E-state index contributed by atoms with van der Waals surface area (Å²) in [6.45, 7) is 1.66. The van der Waals surface area contributed by atoms with Gasteiger partial charge in [0.2, 0.25) is 0 Å². The number of hydrogen-bond donors (Lipinski definition) is 3. The SMILES string of the molecule is CCCCn1c(N)c(N(CCOC)C(=O)COC(=O)c2cc(C3CC3)[nH]n2)c(=O)[nH]c1=O. The lowest BCUT2D eigenvalue weighted by atomic mass is 10.3. The van der Waals surface area contributed by atoms with E-state index in [4.69, 9.17) is 15.2 Å². The van der Waals surface area contributed by atoms with Crippen molar-refractivity contribution in [1.82, 2.24) is 19.7 Å². The van der Waals surface area contributed by atoms with E-state index in [1.165, 1.54) is 11.7 Å². The average Bonchev–Trinajstić information content (AvgIpc) is 3.50. The molecule has 0 aliphatic heterocycles. The molecule has 32 heavy (non-hydrogen) atoms. The predicted octanol–water partition coefficient (Wildman–Crippen LogP) is 0.356. The Kier molecular flexibility index (Phi) is 7.46. The first-order chi connectivity index (χ1) is 15.4. The van der Waals surface area contributed by atoms with E-state index in [2.05, 4.69) is 15.2 Å². The molecule has 2 aromatic rings. The van der Waals surface area contributed by atoms with Gasteiger partial charge in [-0.1, -0.05) is 13.3 Å². The number of nitrogens with zero attached hydrogens (tertiary/aromatic N) is 3. The zero-order chi connectivity index (χ0) is 23.3. The molecule has 0 radical (unpaired) electrons. The molecule has 1 amide bonds. The summed E-state index contributed by atoms with van der Waals surface area (Å²) >= 11 is 0. The number of carbonyl (C=O) groups is 2. The molecule has 4 N–H and O–H groups in total. The van der Waals surface area contributed by atoms with E-state index >= 15 is 0 Å². The maximum Gasteiger partial charge on any atom is 0.359 e. The normalized spacial score (nSPS) is 13.2. The van der Waals surface area contributed by atoms with Crippen molar-refractivity contribution in [3.05, 3.63) is 38.3 Å². The third-order valence-electron chi connectivity index (χ3n) is 5.19. The molecule has 12 nitrogen and oxygen atoms in total. The summed E-state index contributed by atoms with van der Waals surface area (Å²) in [5.74, 6) is -1.20. The van der Waals surface area contributed by atoms with E-state index in [1.807, 2.05) is 6.92 Å². The number of H-pyrrole nitrogens is 2. The second kappa shape index (κ2) is 10.3. The van der Waals surface area contributed by atoms with Crippen LogP contribution in [0.4, 0.5) is 11.5 Å². The van der Waals surface area contributed by atoms with Crippen LogP contribution in [0.15, 0.2) is 15.7 Å². The van der Waals surface area contributed by atoms with Gasteiger partial charge in [0.05, 0.1) is 6.61 Å². The van der Waals surface area contributed by atoms with Gasteiger partial charge in [-0.3, -0.25) is 29.1 Å². The zero-order valence-electron chi connectivity index (χ0n) is 18.2. The molecular weight excluding hydrogens is 420 g/mol. The van der Waals surface area contributed by atoms with Crippen LogP contribution in [0.5, 0.6) is 0 Å². The summed E-state index contributed by atoms with van der Waals surface area (Å²) < 4.78 is 11.4. The molecule has 2 aromatic heterocycles.